The van der Waals surface area contributed by atoms with E-state index in [1.807, 2.05) is 6.92 Å². The molecule has 1 unspecified atom stereocenters. The molecule has 1 aromatic rings. The van der Waals surface area contributed by atoms with E-state index in [0.29, 0.717) is 12.2 Å². The van der Waals surface area contributed by atoms with E-state index in [-0.39, 0.29) is 16.2 Å². The molecule has 1 aromatic carbocycles. The first-order valence-corrected chi connectivity index (χ1v) is 8.41. The minimum Gasteiger partial charge on any atom is -0.326 e. The van der Waals surface area contributed by atoms with Crippen LogP contribution in [0.15, 0.2) is 29.2 Å². The van der Waals surface area contributed by atoms with Crippen LogP contribution >= 0.6 is 11.8 Å². The van der Waals surface area contributed by atoms with Crippen molar-refractivity contribution in [1.82, 2.24) is 4.31 Å². The maximum atomic E-state index is 12.4. The van der Waals surface area contributed by atoms with Crippen LogP contribution in [0.2, 0.25) is 0 Å². The molecule has 1 N–H and O–H groups in total. The van der Waals surface area contributed by atoms with Gasteiger partial charge in [0.15, 0.2) is 0 Å². The number of anilines is 1. The zero-order valence-electron chi connectivity index (χ0n) is 10.8. The zero-order valence-corrected chi connectivity index (χ0v) is 12.4. The normalized spacial score (nSPS) is 20.4. The number of carbonyl (C=O) groups is 1. The van der Waals surface area contributed by atoms with Crippen molar-refractivity contribution in [3.63, 3.8) is 0 Å². The van der Waals surface area contributed by atoms with Crippen LogP contribution in [0.3, 0.4) is 0 Å². The highest BCUT2D eigenvalue weighted by Crippen LogP contribution is 2.29. The summed E-state index contributed by atoms with van der Waals surface area (Å²) in [4.78, 5) is 11.2. The molecule has 1 aliphatic heterocycles. The van der Waals surface area contributed by atoms with Crippen LogP contribution in [0.4, 0.5) is 5.69 Å². The molecule has 0 radical (unpaired) electrons. The Kier molecular flexibility index (Phi) is 4.17. The third-order valence-corrected chi connectivity index (χ3v) is 6.13. The van der Waals surface area contributed by atoms with Crippen LogP contribution < -0.4 is 5.32 Å². The van der Waals surface area contributed by atoms with Crippen LogP contribution in [-0.2, 0) is 14.8 Å². The van der Waals surface area contributed by atoms with Gasteiger partial charge in [0.05, 0.1) is 10.3 Å². The summed E-state index contributed by atoms with van der Waals surface area (Å²) in [5, 5.41) is 2.58. The smallest absolute Gasteiger partial charge is 0.244 e. The Hall–Kier alpha value is -1.05. The largest absolute Gasteiger partial charge is 0.326 e. The molecular formula is C12H16N2O3S2. The number of rotatable bonds is 3. The molecule has 104 valence electrons. The summed E-state index contributed by atoms with van der Waals surface area (Å²) in [6, 6.07) is 6.25. The highest BCUT2D eigenvalue weighted by atomic mass is 32.2. The standard InChI is InChI=1S/C12H16N2O3S2/c1-9(15)13-11-3-5-12(6-4-11)19(16,17)14-7-8-18-10(14)2/h3-6,10H,7-8H2,1-2H3,(H,13,15). The number of carbonyl (C=O) groups excluding carboxylic acids is 1. The van der Waals surface area contributed by atoms with Gasteiger partial charge in [0.1, 0.15) is 0 Å². The predicted octanol–water partition coefficient (Wildman–Crippen LogP) is 1.73. The molecule has 1 amide bonds. The van der Waals surface area contributed by atoms with Crippen LogP contribution in [-0.4, -0.2) is 36.3 Å². The monoisotopic (exact) mass is 300 g/mol. The van der Waals surface area contributed by atoms with Gasteiger partial charge in [0.2, 0.25) is 15.9 Å². The van der Waals surface area contributed by atoms with Gasteiger partial charge in [-0.2, -0.15) is 4.31 Å². The van der Waals surface area contributed by atoms with E-state index in [1.54, 1.807) is 23.9 Å². The van der Waals surface area contributed by atoms with E-state index < -0.39 is 10.0 Å². The Bertz CT molecular complexity index is 569. The second kappa shape index (κ2) is 5.52. The van der Waals surface area contributed by atoms with Crippen molar-refractivity contribution in [3.8, 4) is 0 Å². The fourth-order valence-electron chi connectivity index (χ4n) is 1.94. The van der Waals surface area contributed by atoms with E-state index in [2.05, 4.69) is 5.32 Å². The Labute approximate surface area is 117 Å². The molecule has 1 fully saturated rings. The first-order valence-electron chi connectivity index (χ1n) is 5.92. The van der Waals surface area contributed by atoms with Gasteiger partial charge in [-0.05, 0) is 31.2 Å². The average Bonchev–Trinajstić information content (AvgIpc) is 2.76. The molecule has 1 aliphatic rings. The number of amides is 1. The van der Waals surface area contributed by atoms with E-state index >= 15 is 0 Å². The zero-order chi connectivity index (χ0) is 14.0. The Balaban J connectivity index is 2.24. The highest BCUT2D eigenvalue weighted by molar-refractivity contribution is 8.01. The van der Waals surface area contributed by atoms with Crippen molar-refractivity contribution in [3.05, 3.63) is 24.3 Å². The van der Waals surface area contributed by atoms with Crippen molar-refractivity contribution in [2.75, 3.05) is 17.6 Å². The van der Waals surface area contributed by atoms with Gasteiger partial charge in [-0.1, -0.05) is 0 Å². The Morgan fingerprint density at radius 3 is 2.47 bits per heavy atom. The summed E-state index contributed by atoms with van der Waals surface area (Å²) in [5.74, 6) is 0.643. The van der Waals surface area contributed by atoms with Gasteiger partial charge < -0.3 is 5.32 Å². The maximum Gasteiger partial charge on any atom is 0.244 e. The molecule has 0 aliphatic carbocycles. The van der Waals surface area contributed by atoms with Crippen molar-refractivity contribution in [2.45, 2.75) is 24.1 Å². The Morgan fingerprint density at radius 1 is 1.37 bits per heavy atom. The quantitative estimate of drug-likeness (QED) is 0.923. The topological polar surface area (TPSA) is 66.5 Å². The Morgan fingerprint density at radius 2 is 2.00 bits per heavy atom. The van der Waals surface area contributed by atoms with E-state index in [0.717, 1.165) is 5.75 Å². The molecule has 2 rings (SSSR count). The SMILES string of the molecule is CC(=O)Nc1ccc(S(=O)(=O)N2CCSC2C)cc1. The molecule has 7 heteroatoms. The summed E-state index contributed by atoms with van der Waals surface area (Å²) in [5.41, 5.74) is 0.593. The van der Waals surface area contributed by atoms with Crippen LogP contribution in [0.5, 0.6) is 0 Å². The number of thioether (sulfide) groups is 1. The number of hydrogen-bond acceptors (Lipinski definition) is 4. The maximum absolute atomic E-state index is 12.4. The van der Waals surface area contributed by atoms with Gasteiger partial charge in [-0.15, -0.1) is 11.8 Å². The lowest BCUT2D eigenvalue weighted by Crippen LogP contribution is -2.33. The minimum absolute atomic E-state index is 0.0278. The van der Waals surface area contributed by atoms with Gasteiger partial charge in [0.25, 0.3) is 0 Å². The van der Waals surface area contributed by atoms with Gasteiger partial charge in [-0.25, -0.2) is 8.42 Å². The van der Waals surface area contributed by atoms with Crippen LogP contribution in [0, 0.1) is 0 Å². The highest BCUT2D eigenvalue weighted by Gasteiger charge is 2.32. The third-order valence-electron chi connectivity index (χ3n) is 2.86. The summed E-state index contributed by atoms with van der Waals surface area (Å²) < 4.78 is 26.3. The summed E-state index contributed by atoms with van der Waals surface area (Å²) in [6.07, 6.45) is 0. The van der Waals surface area contributed by atoms with E-state index in [9.17, 15) is 13.2 Å². The van der Waals surface area contributed by atoms with Gasteiger partial charge >= 0.3 is 0 Å². The average molecular weight is 300 g/mol. The first-order chi connectivity index (χ1) is 8.91. The molecule has 5 nitrogen and oxygen atoms in total. The van der Waals surface area contributed by atoms with Crippen molar-refractivity contribution in [2.24, 2.45) is 0 Å². The van der Waals surface area contributed by atoms with E-state index in [1.165, 1.54) is 23.4 Å². The molecule has 0 saturated carbocycles. The fraction of sp³-hybridized carbons (Fsp3) is 0.417. The second-order valence-corrected chi connectivity index (χ2v) is 7.61. The molecule has 0 spiro atoms. The van der Waals surface area contributed by atoms with Crippen molar-refractivity contribution < 1.29 is 13.2 Å². The number of sulfonamides is 1. The lowest BCUT2D eigenvalue weighted by atomic mass is 10.3. The van der Waals surface area contributed by atoms with Crippen LogP contribution in [0.1, 0.15) is 13.8 Å². The minimum atomic E-state index is -3.43. The molecule has 19 heavy (non-hydrogen) atoms. The van der Waals surface area contributed by atoms with E-state index in [4.69, 9.17) is 0 Å². The lowest BCUT2D eigenvalue weighted by molar-refractivity contribution is -0.114. The molecule has 1 atom stereocenters. The molecule has 1 heterocycles. The fourth-order valence-corrected chi connectivity index (χ4v) is 4.97. The number of nitrogens with zero attached hydrogens (tertiary/aromatic N) is 1. The summed E-state index contributed by atoms with van der Waals surface area (Å²) >= 11 is 1.63. The predicted molar refractivity (Wildman–Crippen MR) is 76.6 cm³/mol. The van der Waals surface area contributed by atoms with Crippen molar-refractivity contribution in [1.29, 1.82) is 0 Å². The lowest BCUT2D eigenvalue weighted by Gasteiger charge is -2.20. The molecular weight excluding hydrogens is 284 g/mol. The first kappa shape index (κ1) is 14.4. The number of nitrogens with one attached hydrogen (secondary N) is 1. The molecule has 0 aromatic heterocycles. The molecule has 1 saturated heterocycles. The second-order valence-electron chi connectivity index (χ2n) is 4.29. The number of hydrogen-bond donors (Lipinski definition) is 1. The number of benzene rings is 1. The summed E-state index contributed by atoms with van der Waals surface area (Å²) in [6.45, 7) is 3.84. The third kappa shape index (κ3) is 3.10. The molecule has 0 bridgehead atoms. The van der Waals surface area contributed by atoms with Gasteiger partial charge in [-0.3, -0.25) is 4.79 Å². The van der Waals surface area contributed by atoms with Crippen molar-refractivity contribution >= 4 is 33.4 Å². The van der Waals surface area contributed by atoms with Crippen LogP contribution in [0.25, 0.3) is 0 Å². The summed E-state index contributed by atoms with van der Waals surface area (Å²) in [7, 11) is -3.43. The van der Waals surface area contributed by atoms with Gasteiger partial charge in [0, 0.05) is 24.9 Å².